The van der Waals surface area contributed by atoms with E-state index in [2.05, 4.69) is 15.1 Å². The molecule has 0 saturated carbocycles. The molecule has 1 aromatic carbocycles. The standard InChI is InChI=1S/C24H35ClN4O5/c1-32-21-12-20(26)19(25)11-18(21)24(31)27-13-17-14-28(9-10-33-17)6-2-3-23(30)34-22-15-29-7-4-16(22)5-8-29/h11-12,16-17,22H,2-10,13-15,26H2,1H3,(H,27,31)/t17-,22+/m1/s1. The van der Waals surface area contributed by atoms with Crippen molar-refractivity contribution in [3.63, 3.8) is 0 Å². The number of methoxy groups -OCH3 is 1. The fraction of sp³-hybridized carbons (Fsp3) is 0.667. The molecule has 5 rings (SSSR count). The average molecular weight is 495 g/mol. The molecular formula is C24H35ClN4O5. The van der Waals surface area contributed by atoms with Crippen molar-refractivity contribution in [2.45, 2.75) is 37.9 Å². The smallest absolute Gasteiger partial charge is 0.306 e. The SMILES string of the molecule is COc1cc(N)c(Cl)cc1C(=O)NC[C@@H]1CN(CCCC(=O)O[C@H]2CN3CCC2CC3)CCO1. The van der Waals surface area contributed by atoms with Crippen molar-refractivity contribution in [1.82, 2.24) is 15.1 Å². The summed E-state index contributed by atoms with van der Waals surface area (Å²) in [7, 11) is 1.48. The van der Waals surface area contributed by atoms with Crippen molar-refractivity contribution in [2.75, 3.05) is 65.3 Å². The van der Waals surface area contributed by atoms with Crippen molar-refractivity contribution in [3.05, 3.63) is 22.7 Å². The lowest BCUT2D eigenvalue weighted by Gasteiger charge is -2.43. The van der Waals surface area contributed by atoms with Gasteiger partial charge in [-0.25, -0.2) is 0 Å². The molecule has 3 N–H and O–H groups in total. The number of benzene rings is 1. The maximum Gasteiger partial charge on any atom is 0.306 e. The molecule has 188 valence electrons. The highest BCUT2D eigenvalue weighted by molar-refractivity contribution is 6.33. The maximum atomic E-state index is 12.7. The number of ether oxygens (including phenoxy) is 3. The van der Waals surface area contributed by atoms with Crippen LogP contribution in [0.3, 0.4) is 0 Å². The van der Waals surface area contributed by atoms with Crippen LogP contribution in [0.1, 0.15) is 36.0 Å². The molecule has 4 heterocycles. The number of rotatable bonds is 9. The number of nitrogens with two attached hydrogens (primary N) is 1. The number of anilines is 1. The van der Waals surface area contributed by atoms with E-state index in [0.717, 1.165) is 52.0 Å². The van der Waals surface area contributed by atoms with Gasteiger partial charge >= 0.3 is 5.97 Å². The highest BCUT2D eigenvalue weighted by Crippen LogP contribution is 2.30. The van der Waals surface area contributed by atoms with E-state index in [9.17, 15) is 9.59 Å². The summed E-state index contributed by atoms with van der Waals surface area (Å²) in [6.45, 7) is 6.41. The van der Waals surface area contributed by atoms with Gasteiger partial charge in [0.2, 0.25) is 0 Å². The lowest BCUT2D eigenvalue weighted by atomic mass is 9.86. The van der Waals surface area contributed by atoms with Crippen LogP contribution in [0.25, 0.3) is 0 Å². The number of carbonyl (C=O) groups is 2. The summed E-state index contributed by atoms with van der Waals surface area (Å²) in [6, 6.07) is 3.05. The minimum atomic E-state index is -0.296. The molecule has 0 unspecified atom stereocenters. The van der Waals surface area contributed by atoms with E-state index < -0.39 is 0 Å². The van der Waals surface area contributed by atoms with Crippen molar-refractivity contribution < 1.29 is 23.8 Å². The normalized spacial score (nSPS) is 26.8. The Labute approximate surface area is 205 Å². The molecule has 4 aliphatic rings. The number of esters is 1. The van der Waals surface area contributed by atoms with E-state index in [-0.39, 0.29) is 24.1 Å². The van der Waals surface area contributed by atoms with Crippen LogP contribution in [0.4, 0.5) is 5.69 Å². The van der Waals surface area contributed by atoms with Crippen molar-refractivity contribution in [1.29, 1.82) is 0 Å². The molecule has 4 saturated heterocycles. The molecule has 4 fully saturated rings. The first-order valence-corrected chi connectivity index (χ1v) is 12.5. The average Bonchev–Trinajstić information content (AvgIpc) is 2.85. The molecule has 9 nitrogen and oxygen atoms in total. The van der Waals surface area contributed by atoms with E-state index in [4.69, 9.17) is 31.5 Å². The predicted octanol–water partition coefficient (Wildman–Crippen LogP) is 1.78. The van der Waals surface area contributed by atoms with Crippen LogP contribution in [-0.2, 0) is 14.3 Å². The summed E-state index contributed by atoms with van der Waals surface area (Å²) < 4.78 is 16.9. The summed E-state index contributed by atoms with van der Waals surface area (Å²) in [6.07, 6.45) is 3.40. The van der Waals surface area contributed by atoms with Gasteiger partial charge in [0.25, 0.3) is 5.91 Å². The lowest BCUT2D eigenvalue weighted by molar-refractivity contribution is -0.159. The van der Waals surface area contributed by atoms with Gasteiger partial charge in [-0.15, -0.1) is 0 Å². The first kappa shape index (κ1) is 25.0. The fourth-order valence-electron chi connectivity index (χ4n) is 5.04. The van der Waals surface area contributed by atoms with Gasteiger partial charge in [-0.3, -0.25) is 19.4 Å². The molecule has 0 radical (unpaired) electrons. The Morgan fingerprint density at radius 3 is 2.74 bits per heavy atom. The zero-order chi connectivity index (χ0) is 24.1. The summed E-state index contributed by atoms with van der Waals surface area (Å²) in [4.78, 5) is 29.7. The van der Waals surface area contributed by atoms with Crippen LogP contribution < -0.4 is 15.8 Å². The van der Waals surface area contributed by atoms with Crippen LogP contribution in [0.2, 0.25) is 5.02 Å². The van der Waals surface area contributed by atoms with Gasteiger partial charge in [-0.1, -0.05) is 11.6 Å². The Bertz CT molecular complexity index is 877. The monoisotopic (exact) mass is 494 g/mol. The Morgan fingerprint density at radius 2 is 2.03 bits per heavy atom. The third-order valence-corrected chi connectivity index (χ3v) is 7.34. The Hall–Kier alpha value is -2.07. The second-order valence-electron chi connectivity index (χ2n) is 9.35. The van der Waals surface area contributed by atoms with E-state index in [1.165, 1.54) is 19.2 Å². The molecule has 34 heavy (non-hydrogen) atoms. The topological polar surface area (TPSA) is 106 Å². The summed E-state index contributed by atoms with van der Waals surface area (Å²) in [5, 5.41) is 3.20. The van der Waals surface area contributed by atoms with Gasteiger partial charge in [0.1, 0.15) is 11.9 Å². The number of amides is 1. The van der Waals surface area contributed by atoms with Crippen molar-refractivity contribution in [2.24, 2.45) is 5.92 Å². The second kappa shape index (κ2) is 11.6. The van der Waals surface area contributed by atoms with Gasteiger partial charge in [0.15, 0.2) is 0 Å². The largest absolute Gasteiger partial charge is 0.496 e. The third kappa shape index (κ3) is 6.33. The molecular weight excluding hydrogens is 460 g/mol. The Kier molecular flexibility index (Phi) is 8.52. The number of hydrogen-bond acceptors (Lipinski definition) is 8. The zero-order valence-electron chi connectivity index (χ0n) is 19.8. The van der Waals surface area contributed by atoms with Gasteiger partial charge in [0.05, 0.1) is 36.1 Å². The van der Waals surface area contributed by atoms with Crippen LogP contribution in [0.5, 0.6) is 5.75 Å². The molecule has 1 amide bonds. The zero-order valence-corrected chi connectivity index (χ0v) is 20.5. The number of nitrogens with zero attached hydrogens (tertiary/aromatic N) is 2. The van der Waals surface area contributed by atoms with Crippen LogP contribution in [0.15, 0.2) is 12.1 Å². The van der Waals surface area contributed by atoms with Gasteiger partial charge in [-0.2, -0.15) is 0 Å². The van der Waals surface area contributed by atoms with Crippen LogP contribution >= 0.6 is 11.6 Å². The number of nitrogen functional groups attached to an aromatic ring is 1. The highest BCUT2D eigenvalue weighted by Gasteiger charge is 2.36. The predicted molar refractivity (Wildman–Crippen MR) is 129 cm³/mol. The van der Waals surface area contributed by atoms with Crippen LogP contribution in [0, 0.1) is 5.92 Å². The summed E-state index contributed by atoms with van der Waals surface area (Å²) >= 11 is 6.07. The highest BCUT2D eigenvalue weighted by atomic mass is 35.5. The van der Waals surface area contributed by atoms with E-state index >= 15 is 0 Å². The quantitative estimate of drug-likeness (QED) is 0.395. The molecule has 0 spiro atoms. The van der Waals surface area contributed by atoms with E-state index in [1.807, 2.05) is 0 Å². The Morgan fingerprint density at radius 1 is 1.24 bits per heavy atom. The number of piperidine rings is 3. The third-order valence-electron chi connectivity index (χ3n) is 7.01. The number of halogens is 1. The maximum absolute atomic E-state index is 12.7. The van der Waals surface area contributed by atoms with Gasteiger partial charge in [0, 0.05) is 38.7 Å². The molecule has 2 atom stereocenters. The van der Waals surface area contributed by atoms with Crippen molar-refractivity contribution in [3.8, 4) is 5.75 Å². The molecule has 1 aromatic rings. The number of carbonyl (C=O) groups excluding carboxylic acids is 2. The van der Waals surface area contributed by atoms with E-state index in [0.29, 0.717) is 54.1 Å². The molecule has 2 bridgehead atoms. The Balaban J connectivity index is 1.17. The van der Waals surface area contributed by atoms with E-state index in [1.54, 1.807) is 0 Å². The summed E-state index contributed by atoms with van der Waals surface area (Å²) in [5.74, 6) is 0.519. The molecule has 10 heteroatoms. The van der Waals surface area contributed by atoms with Gasteiger partial charge in [-0.05, 0) is 50.9 Å². The number of fused-ring (bicyclic) bond motifs is 3. The molecule has 0 aliphatic carbocycles. The number of hydrogen-bond donors (Lipinski definition) is 2. The number of nitrogens with one attached hydrogen (secondary N) is 1. The van der Waals surface area contributed by atoms with Gasteiger partial charge < -0.3 is 25.3 Å². The first-order chi connectivity index (χ1) is 16.4. The van der Waals surface area contributed by atoms with Crippen molar-refractivity contribution >= 4 is 29.2 Å². The minimum Gasteiger partial charge on any atom is -0.496 e. The second-order valence-corrected chi connectivity index (χ2v) is 9.75. The lowest BCUT2D eigenvalue weighted by Crippen LogP contribution is -2.52. The minimum absolute atomic E-state index is 0.0703. The van der Waals surface area contributed by atoms with Crippen LogP contribution in [-0.4, -0.2) is 93.4 Å². The molecule has 0 aromatic heterocycles. The fourth-order valence-corrected chi connectivity index (χ4v) is 5.21. The first-order valence-electron chi connectivity index (χ1n) is 12.1. The molecule has 4 aliphatic heterocycles. The summed E-state index contributed by atoms with van der Waals surface area (Å²) in [5.41, 5.74) is 6.48. The number of morpholine rings is 1.